The first-order valence-electron chi connectivity index (χ1n) is 7.06. The van der Waals surface area contributed by atoms with Crippen molar-refractivity contribution in [3.8, 4) is 0 Å². The molecule has 5 heteroatoms. The third kappa shape index (κ3) is 3.90. The van der Waals surface area contributed by atoms with Crippen LogP contribution in [0.25, 0.3) is 0 Å². The summed E-state index contributed by atoms with van der Waals surface area (Å²) in [7, 11) is 0. The number of rotatable bonds is 5. The Bertz CT molecular complexity index is 456. The zero-order chi connectivity index (χ0) is 14.4. The number of nitrogens with one attached hydrogen (secondary N) is 1. The highest BCUT2D eigenvalue weighted by atomic mass is 32.2. The lowest BCUT2D eigenvalue weighted by molar-refractivity contribution is 0.318. The fraction of sp³-hybridized carbons (Fsp3) is 0.533. The fourth-order valence-electron chi connectivity index (χ4n) is 2.74. The van der Waals surface area contributed by atoms with E-state index < -0.39 is 0 Å². The normalized spacial score (nSPS) is 23.8. The molecule has 1 aromatic carbocycles. The Morgan fingerprint density at radius 1 is 1.35 bits per heavy atom. The van der Waals surface area contributed by atoms with Crippen molar-refractivity contribution < 1.29 is 5.21 Å². The van der Waals surface area contributed by atoms with Crippen LogP contribution in [0.2, 0.25) is 0 Å². The van der Waals surface area contributed by atoms with E-state index in [0.29, 0.717) is 6.04 Å². The van der Waals surface area contributed by atoms with Crippen LogP contribution in [0.5, 0.6) is 0 Å². The minimum Gasteiger partial charge on any atom is -0.409 e. The van der Waals surface area contributed by atoms with Gasteiger partial charge in [-0.05, 0) is 37.5 Å². The smallest absolute Gasteiger partial charge is 0.170 e. The van der Waals surface area contributed by atoms with E-state index >= 15 is 0 Å². The van der Waals surface area contributed by atoms with Gasteiger partial charge in [-0.3, -0.25) is 0 Å². The van der Waals surface area contributed by atoms with Crippen LogP contribution in [0.15, 0.2) is 29.4 Å². The van der Waals surface area contributed by atoms with Gasteiger partial charge in [-0.2, -0.15) is 11.8 Å². The van der Waals surface area contributed by atoms with Crippen LogP contribution in [-0.2, 0) is 6.54 Å². The van der Waals surface area contributed by atoms with Crippen molar-refractivity contribution in [3.63, 3.8) is 0 Å². The molecule has 1 aliphatic carbocycles. The summed E-state index contributed by atoms with van der Waals surface area (Å²) in [6.07, 6.45) is 7.25. The van der Waals surface area contributed by atoms with Crippen molar-refractivity contribution >= 4 is 17.6 Å². The molecule has 4 nitrogen and oxygen atoms in total. The van der Waals surface area contributed by atoms with E-state index in [-0.39, 0.29) is 5.84 Å². The van der Waals surface area contributed by atoms with Gasteiger partial charge in [0.1, 0.15) is 0 Å². The van der Waals surface area contributed by atoms with Gasteiger partial charge in [0.2, 0.25) is 0 Å². The zero-order valence-electron chi connectivity index (χ0n) is 11.9. The summed E-state index contributed by atoms with van der Waals surface area (Å²) >= 11 is 1.98. The number of nitrogens with two attached hydrogens (primary N) is 1. The maximum Gasteiger partial charge on any atom is 0.170 e. The molecular weight excluding hydrogens is 270 g/mol. The summed E-state index contributed by atoms with van der Waals surface area (Å²) in [5, 5.41) is 16.4. The van der Waals surface area contributed by atoms with E-state index in [1.54, 1.807) is 0 Å². The number of hydrogen-bond acceptors (Lipinski definition) is 4. The van der Waals surface area contributed by atoms with Crippen molar-refractivity contribution in [1.29, 1.82) is 0 Å². The van der Waals surface area contributed by atoms with Crippen LogP contribution < -0.4 is 11.1 Å². The summed E-state index contributed by atoms with van der Waals surface area (Å²) in [6, 6.07) is 8.37. The molecule has 4 N–H and O–H groups in total. The highest BCUT2D eigenvalue weighted by Gasteiger charge is 2.20. The number of benzene rings is 1. The van der Waals surface area contributed by atoms with Crippen LogP contribution in [0, 0.1) is 0 Å². The molecule has 0 aliphatic heterocycles. The molecule has 110 valence electrons. The van der Waals surface area contributed by atoms with Gasteiger partial charge in [-0.25, -0.2) is 0 Å². The Balaban J connectivity index is 1.92. The van der Waals surface area contributed by atoms with Crippen molar-refractivity contribution in [1.82, 2.24) is 5.32 Å². The molecule has 0 atom stereocenters. The lowest BCUT2D eigenvalue weighted by atomic mass is 9.94. The van der Waals surface area contributed by atoms with E-state index in [1.165, 1.54) is 25.7 Å². The second-order valence-electron chi connectivity index (χ2n) is 5.23. The van der Waals surface area contributed by atoms with Gasteiger partial charge < -0.3 is 16.3 Å². The Morgan fingerprint density at radius 2 is 2.05 bits per heavy atom. The Kier molecular flexibility index (Phi) is 5.73. The minimum absolute atomic E-state index is 0.175. The van der Waals surface area contributed by atoms with Crippen LogP contribution in [0.4, 0.5) is 0 Å². The predicted molar refractivity (Wildman–Crippen MR) is 85.4 cm³/mol. The van der Waals surface area contributed by atoms with Gasteiger partial charge >= 0.3 is 0 Å². The largest absolute Gasteiger partial charge is 0.409 e. The van der Waals surface area contributed by atoms with E-state index in [0.717, 1.165) is 22.9 Å². The number of oxime groups is 1. The molecule has 0 saturated heterocycles. The van der Waals surface area contributed by atoms with Crippen molar-refractivity contribution in [2.24, 2.45) is 10.9 Å². The SMILES string of the molecule is CSC1CCC(NCc2ccccc2/C(N)=N/O)CC1. The third-order valence-electron chi connectivity index (χ3n) is 3.99. The standard InChI is InChI=1S/C15H23N3OS/c1-20-13-8-6-12(7-9-13)17-10-11-4-2-3-5-14(11)15(16)18-19/h2-5,12-13,17,19H,6-10H2,1H3,(H2,16,18). The summed E-state index contributed by atoms with van der Waals surface area (Å²) in [4.78, 5) is 0. The van der Waals surface area contributed by atoms with Crippen LogP contribution in [0.1, 0.15) is 36.8 Å². The molecule has 0 bridgehead atoms. The first kappa shape index (κ1) is 15.2. The predicted octanol–water partition coefficient (Wildman–Crippen LogP) is 2.54. The first-order valence-corrected chi connectivity index (χ1v) is 8.35. The number of hydrogen-bond donors (Lipinski definition) is 3. The Hall–Kier alpha value is -1.20. The molecule has 2 rings (SSSR count). The molecule has 0 amide bonds. The van der Waals surface area contributed by atoms with E-state index in [4.69, 9.17) is 10.9 Å². The summed E-state index contributed by atoms with van der Waals surface area (Å²) in [5.74, 6) is 0.175. The van der Waals surface area contributed by atoms with Crippen molar-refractivity contribution in [3.05, 3.63) is 35.4 Å². The van der Waals surface area contributed by atoms with Gasteiger partial charge in [0.15, 0.2) is 5.84 Å². The highest BCUT2D eigenvalue weighted by molar-refractivity contribution is 7.99. The van der Waals surface area contributed by atoms with Gasteiger partial charge in [0.05, 0.1) is 0 Å². The zero-order valence-corrected chi connectivity index (χ0v) is 12.7. The van der Waals surface area contributed by atoms with Crippen LogP contribution in [0.3, 0.4) is 0 Å². The average molecular weight is 293 g/mol. The molecule has 1 saturated carbocycles. The van der Waals surface area contributed by atoms with E-state index in [9.17, 15) is 0 Å². The summed E-state index contributed by atoms with van der Waals surface area (Å²) in [6.45, 7) is 0.765. The molecular formula is C15H23N3OS. The summed E-state index contributed by atoms with van der Waals surface area (Å²) in [5.41, 5.74) is 7.59. The molecule has 0 spiro atoms. The molecule has 1 fully saturated rings. The first-order chi connectivity index (χ1) is 9.74. The van der Waals surface area contributed by atoms with Crippen LogP contribution >= 0.6 is 11.8 Å². The average Bonchev–Trinajstić information content (AvgIpc) is 2.53. The van der Waals surface area contributed by atoms with Gasteiger partial charge in [-0.15, -0.1) is 0 Å². The van der Waals surface area contributed by atoms with Gasteiger partial charge in [0.25, 0.3) is 0 Å². The molecule has 1 aromatic rings. The molecule has 0 unspecified atom stereocenters. The number of nitrogens with zero attached hydrogens (tertiary/aromatic N) is 1. The van der Waals surface area contributed by atoms with Crippen molar-refractivity contribution in [2.45, 2.75) is 43.5 Å². The van der Waals surface area contributed by atoms with Gasteiger partial charge in [0, 0.05) is 23.4 Å². The van der Waals surface area contributed by atoms with E-state index in [1.807, 2.05) is 36.0 Å². The maximum atomic E-state index is 8.83. The fourth-order valence-corrected chi connectivity index (χ4v) is 3.48. The monoisotopic (exact) mass is 293 g/mol. The molecule has 20 heavy (non-hydrogen) atoms. The number of amidine groups is 1. The second-order valence-corrected chi connectivity index (χ2v) is 6.37. The Morgan fingerprint density at radius 3 is 2.70 bits per heavy atom. The van der Waals surface area contributed by atoms with E-state index in [2.05, 4.69) is 16.7 Å². The Labute approximate surface area is 124 Å². The van der Waals surface area contributed by atoms with Gasteiger partial charge in [-0.1, -0.05) is 29.4 Å². The summed E-state index contributed by atoms with van der Waals surface area (Å²) < 4.78 is 0. The van der Waals surface area contributed by atoms with Crippen molar-refractivity contribution in [2.75, 3.05) is 6.26 Å². The lowest BCUT2D eigenvalue weighted by Crippen LogP contribution is -2.34. The number of thioether (sulfide) groups is 1. The second kappa shape index (κ2) is 7.55. The third-order valence-corrected chi connectivity index (χ3v) is 5.13. The maximum absolute atomic E-state index is 8.83. The minimum atomic E-state index is 0.175. The molecule has 0 aromatic heterocycles. The highest BCUT2D eigenvalue weighted by Crippen LogP contribution is 2.27. The molecule has 0 heterocycles. The van der Waals surface area contributed by atoms with Crippen LogP contribution in [-0.4, -0.2) is 28.6 Å². The molecule has 0 radical (unpaired) electrons. The quantitative estimate of drug-likeness (QED) is 0.338. The molecule has 1 aliphatic rings. The lowest BCUT2D eigenvalue weighted by Gasteiger charge is -2.28. The topological polar surface area (TPSA) is 70.6 Å².